The van der Waals surface area contributed by atoms with Gasteiger partial charge in [-0.1, -0.05) is 12.1 Å². The van der Waals surface area contributed by atoms with E-state index in [0.717, 1.165) is 12.0 Å². The number of carbonyl (C=O) groups is 2. The van der Waals surface area contributed by atoms with Crippen LogP contribution in [-0.4, -0.2) is 30.7 Å². The lowest BCUT2D eigenvalue weighted by molar-refractivity contribution is -0.122. The van der Waals surface area contributed by atoms with Crippen LogP contribution in [0.25, 0.3) is 0 Å². The van der Waals surface area contributed by atoms with Gasteiger partial charge >= 0.3 is 6.09 Å². The Kier molecular flexibility index (Phi) is 5.80. The van der Waals surface area contributed by atoms with Crippen LogP contribution in [0.3, 0.4) is 0 Å². The van der Waals surface area contributed by atoms with Gasteiger partial charge in [0.15, 0.2) is 0 Å². The Hall–Kier alpha value is -2.11. The summed E-state index contributed by atoms with van der Waals surface area (Å²) in [4.78, 5) is 23.5. The summed E-state index contributed by atoms with van der Waals surface area (Å²) in [5.41, 5.74) is 0.489. The number of ether oxygens (including phenoxy) is 1. The van der Waals surface area contributed by atoms with E-state index in [9.17, 15) is 14.0 Å². The van der Waals surface area contributed by atoms with Crippen LogP contribution >= 0.6 is 0 Å². The molecule has 0 bridgehead atoms. The van der Waals surface area contributed by atoms with Crippen LogP contribution < -0.4 is 10.6 Å². The second-order valence-electron chi connectivity index (χ2n) is 7.07. The standard InChI is InChI=1S/C18H25FN2O3/c1-18(2,3)24-17(23)21-10-4-9-20-16(22)15-11-14(15)12-5-7-13(19)8-6-12/h5-8,14-15H,4,9-11H2,1-3H3,(H,20,22)(H,21,23). The topological polar surface area (TPSA) is 67.4 Å². The minimum atomic E-state index is -0.514. The smallest absolute Gasteiger partial charge is 0.407 e. The van der Waals surface area contributed by atoms with Gasteiger partial charge in [-0.15, -0.1) is 0 Å². The average Bonchev–Trinajstić information content (AvgIpc) is 3.26. The van der Waals surface area contributed by atoms with Gasteiger partial charge in [0, 0.05) is 19.0 Å². The van der Waals surface area contributed by atoms with Crippen LogP contribution in [0.5, 0.6) is 0 Å². The normalized spacial score (nSPS) is 19.5. The van der Waals surface area contributed by atoms with Crippen molar-refractivity contribution in [2.45, 2.75) is 45.1 Å². The van der Waals surface area contributed by atoms with Gasteiger partial charge in [-0.05, 0) is 57.2 Å². The van der Waals surface area contributed by atoms with Gasteiger partial charge in [0.05, 0.1) is 0 Å². The molecule has 1 aromatic rings. The van der Waals surface area contributed by atoms with E-state index in [2.05, 4.69) is 10.6 Å². The molecule has 0 spiro atoms. The number of amides is 2. The zero-order chi connectivity index (χ0) is 17.7. The zero-order valence-corrected chi connectivity index (χ0v) is 14.4. The number of hydrogen-bond acceptors (Lipinski definition) is 3. The van der Waals surface area contributed by atoms with Crippen LogP contribution in [0.2, 0.25) is 0 Å². The van der Waals surface area contributed by atoms with Crippen molar-refractivity contribution in [1.29, 1.82) is 0 Å². The molecule has 132 valence electrons. The van der Waals surface area contributed by atoms with Crippen molar-refractivity contribution in [2.75, 3.05) is 13.1 Å². The van der Waals surface area contributed by atoms with Crippen molar-refractivity contribution in [1.82, 2.24) is 10.6 Å². The van der Waals surface area contributed by atoms with Crippen molar-refractivity contribution in [2.24, 2.45) is 5.92 Å². The molecule has 1 aliphatic carbocycles. The minimum absolute atomic E-state index is 0.0154. The number of nitrogens with one attached hydrogen (secondary N) is 2. The predicted molar refractivity (Wildman–Crippen MR) is 89.1 cm³/mol. The molecule has 1 aliphatic rings. The van der Waals surface area contributed by atoms with Gasteiger partial charge < -0.3 is 15.4 Å². The van der Waals surface area contributed by atoms with Gasteiger partial charge in [-0.2, -0.15) is 0 Å². The summed E-state index contributed by atoms with van der Waals surface area (Å²) in [6.45, 7) is 6.36. The number of rotatable bonds is 6. The molecule has 24 heavy (non-hydrogen) atoms. The van der Waals surface area contributed by atoms with Crippen LogP contribution in [0.15, 0.2) is 24.3 Å². The Bertz CT molecular complexity index is 581. The first-order chi connectivity index (χ1) is 11.3. The number of halogens is 1. The summed E-state index contributed by atoms with van der Waals surface area (Å²) >= 11 is 0. The van der Waals surface area contributed by atoms with E-state index in [-0.39, 0.29) is 23.6 Å². The summed E-state index contributed by atoms with van der Waals surface area (Å²) in [5, 5.41) is 5.52. The third kappa shape index (κ3) is 5.83. The molecule has 2 rings (SSSR count). The van der Waals surface area contributed by atoms with Crippen LogP contribution in [0.1, 0.15) is 45.1 Å². The summed E-state index contributed by atoms with van der Waals surface area (Å²) < 4.78 is 18.0. The van der Waals surface area contributed by atoms with E-state index in [1.54, 1.807) is 32.9 Å². The first kappa shape index (κ1) is 18.2. The second kappa shape index (κ2) is 7.64. The van der Waals surface area contributed by atoms with Crippen molar-refractivity contribution in [3.05, 3.63) is 35.6 Å². The summed E-state index contributed by atoms with van der Waals surface area (Å²) in [7, 11) is 0. The highest BCUT2D eigenvalue weighted by molar-refractivity contribution is 5.82. The third-order valence-electron chi connectivity index (χ3n) is 3.75. The molecule has 5 nitrogen and oxygen atoms in total. The SMILES string of the molecule is CC(C)(C)OC(=O)NCCCNC(=O)C1CC1c1ccc(F)cc1. The van der Waals surface area contributed by atoms with Crippen molar-refractivity contribution < 1.29 is 18.7 Å². The van der Waals surface area contributed by atoms with E-state index in [1.165, 1.54) is 12.1 Å². The fraction of sp³-hybridized carbons (Fsp3) is 0.556. The van der Waals surface area contributed by atoms with Gasteiger partial charge in [-0.3, -0.25) is 4.79 Å². The molecule has 2 unspecified atom stereocenters. The van der Waals surface area contributed by atoms with E-state index in [1.807, 2.05) is 0 Å². The number of benzene rings is 1. The molecule has 0 aromatic heterocycles. The van der Waals surface area contributed by atoms with Gasteiger partial charge in [0.1, 0.15) is 11.4 Å². The van der Waals surface area contributed by atoms with Gasteiger partial charge in [-0.25, -0.2) is 9.18 Å². The lowest BCUT2D eigenvalue weighted by Gasteiger charge is -2.19. The molecule has 0 aliphatic heterocycles. The number of carbonyl (C=O) groups excluding carboxylic acids is 2. The quantitative estimate of drug-likeness (QED) is 0.785. The fourth-order valence-corrected chi connectivity index (χ4v) is 2.50. The molecular weight excluding hydrogens is 311 g/mol. The molecule has 0 heterocycles. The molecule has 2 atom stereocenters. The van der Waals surface area contributed by atoms with E-state index >= 15 is 0 Å². The molecule has 1 fully saturated rings. The molecular formula is C18H25FN2O3. The summed E-state index contributed by atoms with van der Waals surface area (Å²) in [6, 6.07) is 6.31. The maximum absolute atomic E-state index is 12.9. The third-order valence-corrected chi connectivity index (χ3v) is 3.75. The Morgan fingerprint density at radius 1 is 1.17 bits per heavy atom. The monoisotopic (exact) mass is 336 g/mol. The lowest BCUT2D eigenvalue weighted by Crippen LogP contribution is -2.34. The van der Waals surface area contributed by atoms with E-state index in [0.29, 0.717) is 19.5 Å². The number of hydrogen-bond donors (Lipinski definition) is 2. The maximum atomic E-state index is 12.9. The largest absolute Gasteiger partial charge is 0.444 e. The second-order valence-corrected chi connectivity index (χ2v) is 7.07. The van der Waals surface area contributed by atoms with Crippen molar-refractivity contribution in [3.63, 3.8) is 0 Å². The maximum Gasteiger partial charge on any atom is 0.407 e. The van der Waals surface area contributed by atoms with Crippen LogP contribution in [0.4, 0.5) is 9.18 Å². The molecule has 1 aromatic carbocycles. The van der Waals surface area contributed by atoms with Crippen molar-refractivity contribution in [3.8, 4) is 0 Å². The Balaban J connectivity index is 1.60. The zero-order valence-electron chi connectivity index (χ0n) is 14.4. The van der Waals surface area contributed by atoms with Crippen LogP contribution in [0, 0.1) is 11.7 Å². The molecule has 6 heteroatoms. The van der Waals surface area contributed by atoms with Crippen molar-refractivity contribution >= 4 is 12.0 Å². The highest BCUT2D eigenvalue weighted by Crippen LogP contribution is 2.47. The Morgan fingerprint density at radius 3 is 2.42 bits per heavy atom. The highest BCUT2D eigenvalue weighted by Gasteiger charge is 2.43. The molecule has 0 saturated heterocycles. The summed E-state index contributed by atoms with van der Waals surface area (Å²) in [5.74, 6) is -0.0979. The van der Waals surface area contributed by atoms with E-state index < -0.39 is 11.7 Å². The average molecular weight is 336 g/mol. The van der Waals surface area contributed by atoms with Gasteiger partial charge in [0.25, 0.3) is 0 Å². The molecule has 0 radical (unpaired) electrons. The Labute approximate surface area is 142 Å². The van der Waals surface area contributed by atoms with Gasteiger partial charge in [0.2, 0.25) is 5.91 Å². The number of alkyl carbamates (subject to hydrolysis) is 1. The lowest BCUT2D eigenvalue weighted by atomic mass is 10.1. The highest BCUT2D eigenvalue weighted by atomic mass is 19.1. The minimum Gasteiger partial charge on any atom is -0.444 e. The molecule has 2 amide bonds. The summed E-state index contributed by atoms with van der Waals surface area (Å²) in [6.07, 6.45) is 0.986. The Morgan fingerprint density at radius 2 is 1.79 bits per heavy atom. The first-order valence-electron chi connectivity index (χ1n) is 8.26. The first-order valence-corrected chi connectivity index (χ1v) is 8.26. The molecule has 2 N–H and O–H groups in total. The molecule has 1 saturated carbocycles. The van der Waals surface area contributed by atoms with Crippen LogP contribution in [-0.2, 0) is 9.53 Å². The van der Waals surface area contributed by atoms with E-state index in [4.69, 9.17) is 4.74 Å². The fourth-order valence-electron chi connectivity index (χ4n) is 2.50. The predicted octanol–water partition coefficient (Wildman–Crippen LogP) is 2.96.